The van der Waals surface area contributed by atoms with Gasteiger partial charge in [-0.15, -0.1) is 0 Å². The molecule has 0 amide bonds. The molecule has 0 spiro atoms. The number of rotatable bonds is 7. The molecule has 2 saturated heterocycles. The lowest BCUT2D eigenvalue weighted by Gasteiger charge is -2.50. The summed E-state index contributed by atoms with van der Waals surface area (Å²) in [5, 5.41) is 25.4. The molecule has 3 aliphatic rings. The Balaban J connectivity index is 1.50. The summed E-state index contributed by atoms with van der Waals surface area (Å²) >= 11 is 0. The van der Waals surface area contributed by atoms with E-state index in [0.29, 0.717) is 17.9 Å². The largest absolute Gasteiger partial charge is 0.392 e. The fourth-order valence-corrected chi connectivity index (χ4v) is 6.72. The third-order valence-corrected chi connectivity index (χ3v) is 8.14. The van der Waals surface area contributed by atoms with Gasteiger partial charge >= 0.3 is 0 Å². The third-order valence-electron chi connectivity index (χ3n) is 8.14. The molecule has 2 aliphatic heterocycles. The Bertz CT molecular complexity index is 554. The Hall–Kier alpha value is -0.320. The Morgan fingerprint density at radius 2 is 1.48 bits per heavy atom. The quantitative estimate of drug-likeness (QED) is 0.262. The highest BCUT2D eigenvalue weighted by molar-refractivity contribution is 5.00. The Kier molecular flexibility index (Phi) is 8.07. The molecule has 4 atom stereocenters. The molecular formula is C23H49N6O2+. The van der Waals surface area contributed by atoms with Gasteiger partial charge in [-0.2, -0.15) is 0 Å². The number of hydrogen-bond donors (Lipinski definition) is 7. The minimum absolute atomic E-state index is 0.00568. The van der Waals surface area contributed by atoms with Crippen LogP contribution < -0.4 is 27.6 Å². The number of nitrogens with zero attached hydrogens (tertiary/aromatic N) is 1. The predicted octanol–water partition coefficient (Wildman–Crippen LogP) is -0.625. The van der Waals surface area contributed by atoms with Crippen LogP contribution in [0.2, 0.25) is 0 Å². The summed E-state index contributed by atoms with van der Waals surface area (Å²) in [6.07, 6.45) is 4.28. The molecule has 0 aromatic carbocycles. The Morgan fingerprint density at radius 1 is 0.968 bits per heavy atom. The lowest BCUT2D eigenvalue weighted by Crippen LogP contribution is -2.69. The van der Waals surface area contributed by atoms with Crippen molar-refractivity contribution < 1.29 is 15.9 Å². The molecule has 10 N–H and O–H groups in total. The highest BCUT2D eigenvalue weighted by Gasteiger charge is 2.44. The van der Waals surface area contributed by atoms with E-state index in [1.807, 2.05) is 0 Å². The first kappa shape index (κ1) is 25.3. The Labute approximate surface area is 188 Å². The second kappa shape index (κ2) is 9.89. The van der Waals surface area contributed by atoms with Gasteiger partial charge in [0.1, 0.15) is 0 Å². The highest BCUT2D eigenvalue weighted by Crippen LogP contribution is 2.36. The molecule has 4 unspecified atom stereocenters. The van der Waals surface area contributed by atoms with Gasteiger partial charge in [0.25, 0.3) is 0 Å². The second-order valence-corrected chi connectivity index (χ2v) is 12.0. The summed E-state index contributed by atoms with van der Waals surface area (Å²) in [6.45, 7) is 10.9. The fourth-order valence-electron chi connectivity index (χ4n) is 6.72. The van der Waals surface area contributed by atoms with Crippen LogP contribution in [0.3, 0.4) is 0 Å². The number of hydrazine groups is 1. The van der Waals surface area contributed by atoms with Crippen LogP contribution in [-0.4, -0.2) is 76.8 Å². The van der Waals surface area contributed by atoms with E-state index in [9.17, 15) is 10.2 Å². The second-order valence-electron chi connectivity index (χ2n) is 12.0. The number of nitrogens with two attached hydrogens (primary N) is 1. The predicted molar refractivity (Wildman–Crippen MR) is 124 cm³/mol. The lowest BCUT2D eigenvalue weighted by atomic mass is 9.70. The van der Waals surface area contributed by atoms with Gasteiger partial charge in [-0.05, 0) is 78.7 Å². The van der Waals surface area contributed by atoms with Gasteiger partial charge in [-0.3, -0.25) is 15.8 Å². The molecule has 1 aliphatic carbocycles. The van der Waals surface area contributed by atoms with Crippen LogP contribution in [-0.2, 0) is 0 Å². The molecule has 182 valence electrons. The van der Waals surface area contributed by atoms with Crippen LogP contribution in [0.25, 0.3) is 0 Å². The molecule has 31 heavy (non-hydrogen) atoms. The highest BCUT2D eigenvalue weighted by atomic mass is 16.3. The van der Waals surface area contributed by atoms with Crippen molar-refractivity contribution in [2.75, 3.05) is 20.1 Å². The first-order chi connectivity index (χ1) is 14.4. The fraction of sp³-hybridized carbons (Fsp3) is 1.00. The summed E-state index contributed by atoms with van der Waals surface area (Å²) in [5.41, 5.74) is 17.5. The summed E-state index contributed by atoms with van der Waals surface area (Å²) < 4.78 is 0. The summed E-state index contributed by atoms with van der Waals surface area (Å²) in [5.74, 6) is 0.679. The van der Waals surface area contributed by atoms with E-state index in [-0.39, 0.29) is 29.2 Å². The van der Waals surface area contributed by atoms with E-state index in [1.54, 1.807) is 0 Å². The standard InChI is InChI=1S/C23H48N6O2/c1-22(2)10-16(11-23(3,4)28-22)29(5)20(25)7-6-17(24)21-18(30)8-14(9-19(21)31)15-12-26-27-13-15/h14-21,26-28,30-31H,6-13,24-25H2,1-5H3/p+1. The van der Waals surface area contributed by atoms with Crippen molar-refractivity contribution in [2.45, 2.75) is 108 Å². The molecule has 2 heterocycles. The number of quaternary nitrogens is 1. The van der Waals surface area contributed by atoms with Crippen molar-refractivity contribution in [2.24, 2.45) is 23.5 Å². The van der Waals surface area contributed by atoms with Crippen LogP contribution >= 0.6 is 0 Å². The maximum atomic E-state index is 10.8. The van der Waals surface area contributed by atoms with Crippen molar-refractivity contribution in [3.05, 3.63) is 0 Å². The SMILES string of the molecule is CN(C(N)CCC([NH3+])C1C(O)CC(C2CNNC2)CC1O)C1CC(C)(C)NC(C)(C)C1. The van der Waals surface area contributed by atoms with E-state index >= 15 is 0 Å². The van der Waals surface area contributed by atoms with Crippen LogP contribution in [0.5, 0.6) is 0 Å². The minimum Gasteiger partial charge on any atom is -0.392 e. The van der Waals surface area contributed by atoms with E-state index < -0.39 is 12.2 Å². The average Bonchev–Trinajstić information content (AvgIpc) is 3.17. The lowest BCUT2D eigenvalue weighted by molar-refractivity contribution is -0.446. The van der Waals surface area contributed by atoms with Crippen molar-refractivity contribution in [1.29, 1.82) is 0 Å². The number of nitrogens with one attached hydrogen (secondary N) is 3. The summed E-state index contributed by atoms with van der Waals surface area (Å²) in [4.78, 5) is 2.33. The summed E-state index contributed by atoms with van der Waals surface area (Å²) in [6, 6.07) is 0.441. The molecule has 3 rings (SSSR count). The Morgan fingerprint density at radius 3 is 2.00 bits per heavy atom. The van der Waals surface area contributed by atoms with Gasteiger partial charge in [0.05, 0.1) is 30.3 Å². The monoisotopic (exact) mass is 441 g/mol. The smallest absolute Gasteiger partial charge is 0.0923 e. The van der Waals surface area contributed by atoms with Crippen molar-refractivity contribution >= 4 is 0 Å². The molecule has 0 aromatic rings. The topological polar surface area (TPSA) is 133 Å². The zero-order valence-electron chi connectivity index (χ0n) is 20.4. The molecular weight excluding hydrogens is 392 g/mol. The van der Waals surface area contributed by atoms with Gasteiger partial charge in [0, 0.05) is 36.6 Å². The first-order valence-corrected chi connectivity index (χ1v) is 12.3. The maximum absolute atomic E-state index is 10.8. The normalized spacial score (nSPS) is 36.6. The molecule has 3 fully saturated rings. The third kappa shape index (κ3) is 6.38. The molecule has 1 saturated carbocycles. The van der Waals surface area contributed by atoms with Crippen molar-refractivity contribution in [3.63, 3.8) is 0 Å². The number of hydrogen-bond acceptors (Lipinski definition) is 7. The van der Waals surface area contributed by atoms with Crippen molar-refractivity contribution in [1.82, 2.24) is 21.1 Å². The van der Waals surface area contributed by atoms with Gasteiger partial charge in [0.2, 0.25) is 0 Å². The molecule has 0 bridgehead atoms. The maximum Gasteiger partial charge on any atom is 0.0923 e. The number of aliphatic hydroxyl groups excluding tert-OH is 2. The first-order valence-electron chi connectivity index (χ1n) is 12.3. The average molecular weight is 442 g/mol. The molecule has 8 heteroatoms. The van der Waals surface area contributed by atoms with E-state index in [0.717, 1.165) is 51.6 Å². The van der Waals surface area contributed by atoms with Crippen LogP contribution in [0.4, 0.5) is 0 Å². The van der Waals surface area contributed by atoms with Crippen molar-refractivity contribution in [3.8, 4) is 0 Å². The van der Waals surface area contributed by atoms with Gasteiger partial charge in [-0.1, -0.05) is 0 Å². The molecule has 8 nitrogen and oxygen atoms in total. The summed E-state index contributed by atoms with van der Waals surface area (Å²) in [7, 11) is 2.14. The molecule has 0 radical (unpaired) electrons. The number of piperidine rings is 1. The van der Waals surface area contributed by atoms with Crippen LogP contribution in [0.1, 0.15) is 66.2 Å². The van der Waals surface area contributed by atoms with E-state index in [1.165, 1.54) is 0 Å². The number of aliphatic hydroxyl groups is 2. The zero-order valence-corrected chi connectivity index (χ0v) is 20.4. The molecule has 0 aromatic heterocycles. The zero-order chi connectivity index (χ0) is 23.0. The van der Waals surface area contributed by atoms with Crippen LogP contribution in [0, 0.1) is 17.8 Å². The van der Waals surface area contributed by atoms with Gasteiger partial charge in [-0.25, -0.2) is 0 Å². The minimum atomic E-state index is -0.489. The van der Waals surface area contributed by atoms with Crippen LogP contribution in [0.15, 0.2) is 0 Å². The van der Waals surface area contributed by atoms with E-state index in [2.05, 4.69) is 61.5 Å². The van der Waals surface area contributed by atoms with Gasteiger partial charge < -0.3 is 27.0 Å². The van der Waals surface area contributed by atoms with E-state index in [4.69, 9.17) is 5.73 Å². The van der Waals surface area contributed by atoms with Gasteiger partial charge in [0.15, 0.2) is 0 Å².